The number of carbonyl (C=O) groups excluding carboxylic acids is 2. The molecule has 1 aliphatic carbocycles. The number of amides is 2. The second kappa shape index (κ2) is 8.29. The van der Waals surface area contributed by atoms with Gasteiger partial charge in [-0.15, -0.1) is 0 Å². The zero-order valence-electron chi connectivity index (χ0n) is 13.7. The molecule has 0 aromatic heterocycles. The van der Waals surface area contributed by atoms with Gasteiger partial charge < -0.3 is 15.7 Å². The van der Waals surface area contributed by atoms with Crippen LogP contribution < -0.4 is 10.6 Å². The highest BCUT2D eigenvalue weighted by Crippen LogP contribution is 2.25. The van der Waals surface area contributed by atoms with Gasteiger partial charge in [-0.05, 0) is 37.5 Å². The summed E-state index contributed by atoms with van der Waals surface area (Å²) in [6.45, 7) is 1.48. The largest absolute Gasteiger partial charge is 0.479 e. The van der Waals surface area contributed by atoms with Crippen molar-refractivity contribution >= 4 is 29.4 Å². The zero-order chi connectivity index (χ0) is 18.6. The minimum atomic E-state index is -1.44. The van der Waals surface area contributed by atoms with Gasteiger partial charge in [-0.25, -0.2) is 9.18 Å². The lowest BCUT2D eigenvalue weighted by Crippen LogP contribution is -2.48. The van der Waals surface area contributed by atoms with E-state index in [0.29, 0.717) is 0 Å². The predicted molar refractivity (Wildman–Crippen MR) is 89.5 cm³/mol. The van der Waals surface area contributed by atoms with Gasteiger partial charge in [0, 0.05) is 5.92 Å². The maximum absolute atomic E-state index is 13.5. The van der Waals surface area contributed by atoms with Crippen molar-refractivity contribution in [2.45, 2.75) is 44.7 Å². The van der Waals surface area contributed by atoms with Crippen molar-refractivity contribution in [1.29, 1.82) is 0 Å². The SMILES string of the molecule is CC(NC(=O)C1CCCC1)C(=O)NC(C(=O)O)c1ccc(Cl)c(F)c1. The smallest absolute Gasteiger partial charge is 0.330 e. The molecule has 6 nitrogen and oxygen atoms in total. The Morgan fingerprint density at radius 1 is 1.24 bits per heavy atom. The highest BCUT2D eigenvalue weighted by atomic mass is 35.5. The van der Waals surface area contributed by atoms with Gasteiger partial charge in [0.2, 0.25) is 11.8 Å². The van der Waals surface area contributed by atoms with Crippen molar-refractivity contribution in [3.8, 4) is 0 Å². The molecular formula is C17H20ClFN2O4. The lowest BCUT2D eigenvalue weighted by atomic mass is 10.1. The average molecular weight is 371 g/mol. The van der Waals surface area contributed by atoms with Crippen molar-refractivity contribution in [3.63, 3.8) is 0 Å². The normalized spacial score (nSPS) is 16.9. The van der Waals surface area contributed by atoms with Gasteiger partial charge >= 0.3 is 5.97 Å². The zero-order valence-corrected chi connectivity index (χ0v) is 14.5. The van der Waals surface area contributed by atoms with E-state index in [1.165, 1.54) is 19.1 Å². The van der Waals surface area contributed by atoms with Crippen molar-refractivity contribution in [2.24, 2.45) is 5.92 Å². The highest BCUT2D eigenvalue weighted by Gasteiger charge is 2.28. The minimum absolute atomic E-state index is 0.0528. The first-order valence-corrected chi connectivity index (χ1v) is 8.46. The molecule has 8 heteroatoms. The van der Waals surface area contributed by atoms with E-state index in [2.05, 4.69) is 10.6 Å². The van der Waals surface area contributed by atoms with Gasteiger partial charge in [-0.3, -0.25) is 9.59 Å². The molecule has 1 aromatic rings. The van der Waals surface area contributed by atoms with Crippen molar-refractivity contribution in [1.82, 2.24) is 10.6 Å². The molecule has 136 valence electrons. The van der Waals surface area contributed by atoms with Gasteiger partial charge in [0.1, 0.15) is 11.9 Å². The van der Waals surface area contributed by atoms with Crippen LogP contribution in [0.5, 0.6) is 0 Å². The Balaban J connectivity index is 2.02. The summed E-state index contributed by atoms with van der Waals surface area (Å²) < 4.78 is 13.5. The van der Waals surface area contributed by atoms with Crippen molar-refractivity contribution in [2.75, 3.05) is 0 Å². The first-order valence-electron chi connectivity index (χ1n) is 8.08. The molecule has 25 heavy (non-hydrogen) atoms. The summed E-state index contributed by atoms with van der Waals surface area (Å²) in [5.74, 6) is -3.08. The van der Waals surface area contributed by atoms with Crippen LogP contribution in [0.1, 0.15) is 44.2 Å². The van der Waals surface area contributed by atoms with Crippen molar-refractivity contribution in [3.05, 3.63) is 34.6 Å². The first kappa shape index (κ1) is 19.2. The van der Waals surface area contributed by atoms with Gasteiger partial charge in [0.05, 0.1) is 5.02 Å². The summed E-state index contributed by atoms with van der Waals surface area (Å²) in [4.78, 5) is 35.7. The fourth-order valence-electron chi connectivity index (χ4n) is 2.83. The molecule has 0 spiro atoms. The number of benzene rings is 1. The standard InChI is InChI=1S/C17H20ClFN2O4/c1-9(20-16(23)10-4-2-3-5-10)15(22)21-14(17(24)25)11-6-7-12(18)13(19)8-11/h6-10,14H,2-5H2,1H3,(H,20,23)(H,21,22)(H,24,25). The Hall–Kier alpha value is -2.15. The molecule has 0 bridgehead atoms. The van der Waals surface area contributed by atoms with E-state index in [0.717, 1.165) is 31.7 Å². The molecule has 3 N–H and O–H groups in total. The monoisotopic (exact) mass is 370 g/mol. The third kappa shape index (κ3) is 4.92. The number of nitrogens with one attached hydrogen (secondary N) is 2. The molecule has 1 saturated carbocycles. The maximum Gasteiger partial charge on any atom is 0.330 e. The highest BCUT2D eigenvalue weighted by molar-refractivity contribution is 6.30. The Morgan fingerprint density at radius 2 is 1.88 bits per heavy atom. The quantitative estimate of drug-likeness (QED) is 0.716. The third-order valence-electron chi connectivity index (χ3n) is 4.29. The number of halogens is 2. The van der Waals surface area contributed by atoms with Gasteiger partial charge in [-0.1, -0.05) is 30.5 Å². The molecular weight excluding hydrogens is 351 g/mol. The number of aliphatic carboxylic acids is 1. The lowest BCUT2D eigenvalue weighted by molar-refractivity contribution is -0.142. The van der Waals surface area contributed by atoms with E-state index in [-0.39, 0.29) is 22.4 Å². The lowest BCUT2D eigenvalue weighted by Gasteiger charge is -2.20. The summed E-state index contributed by atoms with van der Waals surface area (Å²) in [5.41, 5.74) is 0.0528. The van der Waals surface area contributed by atoms with Gasteiger partial charge in [0.15, 0.2) is 6.04 Å². The number of carbonyl (C=O) groups is 3. The molecule has 2 atom stereocenters. The molecule has 1 fully saturated rings. The van der Waals surface area contributed by atoms with Crippen LogP contribution in [0.2, 0.25) is 5.02 Å². The summed E-state index contributed by atoms with van der Waals surface area (Å²) in [5, 5.41) is 14.1. The van der Waals surface area contributed by atoms with Crippen LogP contribution in [0.15, 0.2) is 18.2 Å². The summed E-state index contributed by atoms with van der Waals surface area (Å²) >= 11 is 5.58. The van der Waals surface area contributed by atoms with Crippen LogP contribution in [-0.2, 0) is 14.4 Å². The molecule has 1 aromatic carbocycles. The van der Waals surface area contributed by atoms with E-state index in [9.17, 15) is 23.9 Å². The first-order chi connectivity index (χ1) is 11.8. The molecule has 0 heterocycles. The minimum Gasteiger partial charge on any atom is -0.479 e. The number of hydrogen-bond donors (Lipinski definition) is 3. The fraction of sp³-hybridized carbons (Fsp3) is 0.471. The van der Waals surface area contributed by atoms with Crippen LogP contribution >= 0.6 is 11.6 Å². The summed E-state index contributed by atoms with van der Waals surface area (Å²) in [6.07, 6.45) is 3.56. The van der Waals surface area contributed by atoms with Crippen LogP contribution in [0, 0.1) is 11.7 Å². The topological polar surface area (TPSA) is 95.5 Å². The fourth-order valence-corrected chi connectivity index (χ4v) is 2.95. The van der Waals surface area contributed by atoms with Crippen LogP contribution in [0.3, 0.4) is 0 Å². The number of carboxylic acids is 1. The number of carboxylic acid groups (broad SMARTS) is 1. The molecule has 0 aliphatic heterocycles. The predicted octanol–water partition coefficient (Wildman–Crippen LogP) is 2.42. The number of rotatable bonds is 6. The Labute approximate surface area is 149 Å². The maximum atomic E-state index is 13.5. The Bertz CT molecular complexity index is 677. The number of hydrogen-bond acceptors (Lipinski definition) is 3. The van der Waals surface area contributed by atoms with Crippen molar-refractivity contribution < 1.29 is 23.9 Å². The van der Waals surface area contributed by atoms with E-state index in [1.54, 1.807) is 0 Å². The van der Waals surface area contributed by atoms with E-state index < -0.39 is 29.8 Å². The van der Waals surface area contributed by atoms with E-state index in [4.69, 9.17) is 11.6 Å². The third-order valence-corrected chi connectivity index (χ3v) is 4.60. The van der Waals surface area contributed by atoms with Crippen LogP contribution in [0.4, 0.5) is 4.39 Å². The van der Waals surface area contributed by atoms with Gasteiger partial charge in [-0.2, -0.15) is 0 Å². The second-order valence-corrected chi connectivity index (χ2v) is 6.57. The summed E-state index contributed by atoms with van der Waals surface area (Å²) in [6, 6.07) is 1.17. The van der Waals surface area contributed by atoms with Crippen LogP contribution in [0.25, 0.3) is 0 Å². The molecule has 1 aliphatic rings. The molecule has 2 rings (SSSR count). The average Bonchev–Trinajstić information content (AvgIpc) is 3.09. The Morgan fingerprint density at radius 3 is 2.44 bits per heavy atom. The molecule has 0 radical (unpaired) electrons. The summed E-state index contributed by atoms with van der Waals surface area (Å²) in [7, 11) is 0. The van der Waals surface area contributed by atoms with E-state index >= 15 is 0 Å². The molecule has 2 amide bonds. The molecule has 0 saturated heterocycles. The van der Waals surface area contributed by atoms with Crippen LogP contribution in [-0.4, -0.2) is 28.9 Å². The van der Waals surface area contributed by atoms with E-state index in [1.807, 2.05) is 0 Å². The Kier molecular flexibility index (Phi) is 6.36. The molecule has 2 unspecified atom stereocenters. The second-order valence-electron chi connectivity index (χ2n) is 6.17. The van der Waals surface area contributed by atoms with Gasteiger partial charge in [0.25, 0.3) is 0 Å².